The van der Waals surface area contributed by atoms with E-state index in [0.717, 1.165) is 16.7 Å². The van der Waals surface area contributed by atoms with Gasteiger partial charge in [0.15, 0.2) is 5.82 Å². The van der Waals surface area contributed by atoms with Crippen molar-refractivity contribution >= 4 is 41.0 Å². The molecule has 0 spiro atoms. The highest BCUT2D eigenvalue weighted by Gasteiger charge is 2.38. The van der Waals surface area contributed by atoms with Crippen molar-refractivity contribution in [2.75, 3.05) is 36.9 Å². The quantitative estimate of drug-likeness (QED) is 0.178. The molecule has 1 fully saturated rings. The molecule has 1 aromatic heterocycles. The Balaban J connectivity index is 0.980. The normalized spacial score (nSPS) is 15.7. The van der Waals surface area contributed by atoms with Crippen molar-refractivity contribution in [3.63, 3.8) is 0 Å². The van der Waals surface area contributed by atoms with Gasteiger partial charge in [-0.15, -0.1) is 0 Å². The van der Waals surface area contributed by atoms with E-state index in [1.807, 2.05) is 49.4 Å². The number of ether oxygens (including phenoxy) is 1. The van der Waals surface area contributed by atoms with E-state index in [4.69, 9.17) is 4.74 Å². The van der Waals surface area contributed by atoms with Gasteiger partial charge in [-0.2, -0.15) is 4.98 Å². The van der Waals surface area contributed by atoms with E-state index in [9.17, 15) is 19.2 Å². The highest BCUT2D eigenvalue weighted by Crippen LogP contribution is 2.29. The van der Waals surface area contributed by atoms with Crippen molar-refractivity contribution in [3.8, 4) is 11.4 Å². The Labute approximate surface area is 307 Å². The van der Waals surface area contributed by atoms with Gasteiger partial charge in [0.2, 0.25) is 5.95 Å². The number of carbonyl (C=O) groups excluding carboxylic acids is 4. The Bertz CT molecular complexity index is 2180. The Morgan fingerprint density at radius 1 is 0.830 bits per heavy atom. The molecule has 2 N–H and O–H groups in total. The molecule has 4 aromatic carbocycles. The third-order valence-corrected chi connectivity index (χ3v) is 9.49. The monoisotopic (exact) mass is 709 g/mol. The predicted molar refractivity (Wildman–Crippen MR) is 200 cm³/mol. The molecule has 12 nitrogen and oxygen atoms in total. The van der Waals surface area contributed by atoms with Crippen LogP contribution in [0.2, 0.25) is 0 Å². The summed E-state index contributed by atoms with van der Waals surface area (Å²) in [6.07, 6.45) is 0.918. The Kier molecular flexibility index (Phi) is 9.54. The molecule has 2 aliphatic heterocycles. The van der Waals surface area contributed by atoms with Crippen molar-refractivity contribution < 1.29 is 23.9 Å². The van der Waals surface area contributed by atoms with Gasteiger partial charge in [0, 0.05) is 41.2 Å². The van der Waals surface area contributed by atoms with Crippen LogP contribution in [0.4, 0.5) is 17.3 Å². The van der Waals surface area contributed by atoms with Crippen LogP contribution in [0.5, 0.6) is 0 Å². The SMILES string of the molecule is Cc1c(NC(=O)c2ccc(C(C)(C)C)cc2)cccc1-c1ncnc(Nc2ccc(C(=O)N3CCOC(CN4C(=O)c5ccccc5C4=O)C3)cc2)n1. The minimum Gasteiger partial charge on any atom is -0.373 e. The number of imide groups is 1. The number of fused-ring (bicyclic) bond motifs is 1. The second kappa shape index (κ2) is 14.4. The first-order chi connectivity index (χ1) is 25.5. The maximum absolute atomic E-state index is 13.5. The zero-order valence-corrected chi connectivity index (χ0v) is 29.9. The molecule has 2 aliphatic rings. The van der Waals surface area contributed by atoms with Gasteiger partial charge in [-0.3, -0.25) is 24.1 Å². The summed E-state index contributed by atoms with van der Waals surface area (Å²) in [4.78, 5) is 68.4. The van der Waals surface area contributed by atoms with E-state index in [-0.39, 0.29) is 42.1 Å². The molecule has 5 aromatic rings. The van der Waals surface area contributed by atoms with Gasteiger partial charge in [0.25, 0.3) is 23.6 Å². The maximum Gasteiger partial charge on any atom is 0.261 e. The van der Waals surface area contributed by atoms with E-state index in [2.05, 4.69) is 46.4 Å². The number of morpholine rings is 1. The summed E-state index contributed by atoms with van der Waals surface area (Å²) >= 11 is 0. The third kappa shape index (κ3) is 7.40. The number of amides is 4. The van der Waals surface area contributed by atoms with Crippen molar-refractivity contribution in [1.29, 1.82) is 0 Å². The van der Waals surface area contributed by atoms with E-state index in [0.29, 0.717) is 58.6 Å². The Morgan fingerprint density at radius 2 is 1.49 bits per heavy atom. The largest absolute Gasteiger partial charge is 0.373 e. The number of nitrogens with one attached hydrogen (secondary N) is 2. The topological polar surface area (TPSA) is 147 Å². The Hall–Kier alpha value is -6.27. The molecule has 268 valence electrons. The van der Waals surface area contributed by atoms with Crippen LogP contribution in [0, 0.1) is 6.92 Å². The summed E-state index contributed by atoms with van der Waals surface area (Å²) in [6, 6.07) is 26.9. The van der Waals surface area contributed by atoms with Gasteiger partial charge in [-0.1, -0.05) is 57.2 Å². The first-order valence-corrected chi connectivity index (χ1v) is 17.4. The lowest BCUT2D eigenvalue weighted by atomic mass is 9.86. The summed E-state index contributed by atoms with van der Waals surface area (Å²) in [5.41, 5.74) is 5.82. The first-order valence-electron chi connectivity index (χ1n) is 17.4. The summed E-state index contributed by atoms with van der Waals surface area (Å²) in [5, 5.41) is 6.20. The number of hydrogen-bond donors (Lipinski definition) is 2. The smallest absolute Gasteiger partial charge is 0.261 e. The fraction of sp³-hybridized carbons (Fsp3) is 0.244. The van der Waals surface area contributed by atoms with Gasteiger partial charge in [-0.25, -0.2) is 9.97 Å². The van der Waals surface area contributed by atoms with Gasteiger partial charge in [0.05, 0.1) is 30.4 Å². The molecule has 7 rings (SSSR count). The standard InChI is InChI=1S/C41H39N7O5/c1-25-31(10-7-11-34(25)45-36(49)26-12-16-28(17-13-26)41(2,3)4)35-42-24-43-40(46-35)44-29-18-14-27(15-19-29)37(50)47-20-21-53-30(22-47)23-48-38(51)32-8-5-6-9-33(32)39(48)52/h5-19,24,30H,20-23H2,1-4H3,(H,45,49)(H,42,43,44,46). The highest BCUT2D eigenvalue weighted by atomic mass is 16.5. The van der Waals surface area contributed by atoms with Gasteiger partial charge >= 0.3 is 0 Å². The van der Waals surface area contributed by atoms with E-state index < -0.39 is 6.10 Å². The predicted octanol–water partition coefficient (Wildman–Crippen LogP) is 6.28. The van der Waals surface area contributed by atoms with Gasteiger partial charge in [-0.05, 0) is 78.1 Å². The summed E-state index contributed by atoms with van der Waals surface area (Å²) < 4.78 is 5.85. The van der Waals surface area contributed by atoms with E-state index >= 15 is 0 Å². The molecule has 1 saturated heterocycles. The van der Waals surface area contributed by atoms with E-state index in [1.165, 1.54) is 11.2 Å². The molecule has 0 bridgehead atoms. The highest BCUT2D eigenvalue weighted by molar-refractivity contribution is 6.21. The minimum atomic E-state index is -0.500. The fourth-order valence-corrected chi connectivity index (χ4v) is 6.45. The summed E-state index contributed by atoms with van der Waals surface area (Å²) in [6.45, 7) is 9.30. The molecule has 12 heteroatoms. The average Bonchev–Trinajstić information content (AvgIpc) is 3.40. The number of carbonyl (C=O) groups is 4. The molecule has 1 unspecified atom stereocenters. The number of benzene rings is 4. The lowest BCUT2D eigenvalue weighted by Crippen LogP contribution is -2.50. The number of hydrogen-bond acceptors (Lipinski definition) is 9. The van der Waals surface area contributed by atoms with Crippen LogP contribution in [0.25, 0.3) is 11.4 Å². The molecule has 3 heterocycles. The van der Waals surface area contributed by atoms with Crippen LogP contribution in [0.15, 0.2) is 97.3 Å². The van der Waals surface area contributed by atoms with Crippen molar-refractivity contribution in [1.82, 2.24) is 24.8 Å². The second-order valence-corrected chi connectivity index (χ2v) is 14.1. The molecular weight excluding hydrogens is 670 g/mol. The molecule has 4 amide bonds. The summed E-state index contributed by atoms with van der Waals surface area (Å²) in [5.74, 6) is -0.348. The molecular formula is C41H39N7O5. The van der Waals surface area contributed by atoms with Gasteiger partial charge in [0.1, 0.15) is 6.33 Å². The third-order valence-electron chi connectivity index (χ3n) is 9.49. The molecule has 0 radical (unpaired) electrons. The summed E-state index contributed by atoms with van der Waals surface area (Å²) in [7, 11) is 0. The van der Waals surface area contributed by atoms with Crippen LogP contribution in [-0.4, -0.2) is 80.7 Å². The molecule has 0 saturated carbocycles. The van der Waals surface area contributed by atoms with Crippen LogP contribution >= 0.6 is 0 Å². The van der Waals surface area contributed by atoms with Gasteiger partial charge < -0.3 is 20.3 Å². The number of aromatic nitrogens is 3. The van der Waals surface area contributed by atoms with Crippen LogP contribution in [0.1, 0.15) is 73.3 Å². The second-order valence-electron chi connectivity index (χ2n) is 14.1. The van der Waals surface area contributed by atoms with Crippen molar-refractivity contribution in [2.24, 2.45) is 0 Å². The van der Waals surface area contributed by atoms with Crippen LogP contribution in [0.3, 0.4) is 0 Å². The van der Waals surface area contributed by atoms with Crippen LogP contribution in [-0.2, 0) is 10.2 Å². The zero-order chi connectivity index (χ0) is 37.3. The van der Waals surface area contributed by atoms with Crippen molar-refractivity contribution in [2.45, 2.75) is 39.2 Å². The van der Waals surface area contributed by atoms with Crippen molar-refractivity contribution in [3.05, 3.63) is 131 Å². The fourth-order valence-electron chi connectivity index (χ4n) is 6.45. The molecule has 53 heavy (non-hydrogen) atoms. The maximum atomic E-state index is 13.5. The van der Waals surface area contributed by atoms with E-state index in [1.54, 1.807) is 53.4 Å². The number of rotatable bonds is 8. The molecule has 1 atom stereocenters. The first kappa shape index (κ1) is 35.1. The lowest BCUT2D eigenvalue weighted by Gasteiger charge is -2.34. The van der Waals surface area contributed by atoms with Crippen LogP contribution < -0.4 is 10.6 Å². The molecule has 0 aliphatic carbocycles. The minimum absolute atomic E-state index is 0.00741. The average molecular weight is 710 g/mol. The lowest BCUT2D eigenvalue weighted by molar-refractivity contribution is -0.0303. The zero-order valence-electron chi connectivity index (χ0n) is 29.9. The number of nitrogens with zero attached hydrogens (tertiary/aromatic N) is 5. The number of anilines is 3. The Morgan fingerprint density at radius 3 is 2.17 bits per heavy atom.